The summed E-state index contributed by atoms with van der Waals surface area (Å²) in [5.74, 6) is -3.71. The van der Waals surface area contributed by atoms with Gasteiger partial charge in [-0.1, -0.05) is 62.2 Å². The average Bonchev–Trinajstić information content (AvgIpc) is 3.52. The van der Waals surface area contributed by atoms with Crippen molar-refractivity contribution in [3.63, 3.8) is 0 Å². The van der Waals surface area contributed by atoms with Crippen LogP contribution in [0.2, 0.25) is 0 Å². The maximum Gasteiger partial charge on any atom is 0.530 e. The molecule has 0 bridgehead atoms. The Kier molecular flexibility index (Phi) is 23.5. The van der Waals surface area contributed by atoms with E-state index in [0.717, 1.165) is 0 Å². The molecule has 0 heterocycles. The van der Waals surface area contributed by atoms with Crippen LogP contribution in [0, 0.1) is 11.3 Å². The molecule has 0 spiro atoms. The highest BCUT2D eigenvalue weighted by atomic mass is 31.2. The van der Waals surface area contributed by atoms with Gasteiger partial charge in [0, 0.05) is 28.1 Å². The van der Waals surface area contributed by atoms with E-state index in [2.05, 4.69) is 59.5 Å². The summed E-state index contributed by atoms with van der Waals surface area (Å²) >= 11 is 0. The van der Waals surface area contributed by atoms with E-state index in [4.69, 9.17) is 37.3 Å². The topological polar surface area (TPSA) is 277 Å². The van der Waals surface area contributed by atoms with Crippen molar-refractivity contribution < 1.29 is 70.6 Å². The number of amides is 5. The number of rotatable bonds is 31. The highest BCUT2D eigenvalue weighted by Gasteiger charge is 2.29. The molecule has 0 aliphatic carbocycles. The predicted octanol–water partition coefficient (Wildman–Crippen LogP) is 10.3. The van der Waals surface area contributed by atoms with Crippen molar-refractivity contribution in [2.24, 2.45) is 0 Å². The summed E-state index contributed by atoms with van der Waals surface area (Å²) < 4.78 is 56.9. The van der Waals surface area contributed by atoms with E-state index in [1.54, 1.807) is 25.1 Å². The Morgan fingerprint density at radius 1 is 0.580 bits per heavy atom. The first kappa shape index (κ1) is 61.8. The van der Waals surface area contributed by atoms with E-state index in [-0.39, 0.29) is 108 Å². The van der Waals surface area contributed by atoms with Gasteiger partial charge in [0.05, 0.1) is 56.9 Å². The van der Waals surface area contributed by atoms with Gasteiger partial charge in [0.1, 0.15) is 37.2 Å². The molecular weight excluding hydrogens is 1060 g/mol. The molecule has 5 amide bonds. The number of carbonyl (C=O) groups excluding carboxylic acids is 6. The fourth-order valence-corrected chi connectivity index (χ4v) is 8.23. The monoisotopic (exact) mass is 1120 g/mol. The molecule has 81 heavy (non-hydrogen) atoms. The van der Waals surface area contributed by atoms with Crippen molar-refractivity contribution in [2.45, 2.75) is 19.4 Å². The number of nitriles is 1. The zero-order valence-electron chi connectivity index (χ0n) is 44.6. The molecule has 0 saturated carbocycles. The van der Waals surface area contributed by atoms with Crippen molar-refractivity contribution >= 4 is 72.2 Å². The smallest absolute Gasteiger partial charge is 0.491 e. The third-order valence-corrected chi connectivity index (χ3v) is 12.3. The Morgan fingerprint density at radius 2 is 1.07 bits per heavy atom. The standard InChI is InChI=1S/C59H59N6O15P/c1-9-32-75-50-45(57(69)64-48-29-27-46(59(71)77-34-11-3)51(53(48)74-8)76-33-10-2)26-28-47(52(50)73-7)63-55(67)40-18-22-43(23-19-40)62-58(70)49(30-31-60)65-56(68)41-16-20-42(21-17-41)61-54(66)38(6)37-39-14-24-44(25-15-39)80-81(72,78-35-12-4)79-36-13-5/h9-29,37,49H,1-5,30,32-36H2,6-8H3,(H,61,66)(H,62,70)(H,63,67)(H,64,69)(H,65,68)/b38-37+/t49-/m0/s1. The minimum atomic E-state index is -3.95. The van der Waals surface area contributed by atoms with Gasteiger partial charge in [0.2, 0.25) is 5.91 Å². The van der Waals surface area contributed by atoms with Crippen LogP contribution < -0.4 is 50.1 Å². The molecule has 5 rings (SSSR count). The van der Waals surface area contributed by atoms with Crippen LogP contribution in [-0.4, -0.2) is 88.8 Å². The number of anilines is 4. The number of nitrogens with zero attached hydrogens (tertiary/aromatic N) is 1. The van der Waals surface area contributed by atoms with Gasteiger partial charge in [-0.05, 0) is 103 Å². The maximum absolute atomic E-state index is 14.0. The van der Waals surface area contributed by atoms with Crippen LogP contribution in [-0.2, 0) is 27.9 Å². The van der Waals surface area contributed by atoms with Gasteiger partial charge < -0.3 is 54.8 Å². The van der Waals surface area contributed by atoms with Gasteiger partial charge in [0.15, 0.2) is 23.0 Å². The largest absolute Gasteiger partial charge is 0.530 e. The van der Waals surface area contributed by atoms with E-state index in [9.17, 15) is 38.6 Å². The van der Waals surface area contributed by atoms with Gasteiger partial charge in [-0.25, -0.2) is 9.36 Å². The Labute approximate surface area is 468 Å². The number of hydrogen-bond donors (Lipinski definition) is 5. The van der Waals surface area contributed by atoms with Crippen LogP contribution in [0.25, 0.3) is 6.08 Å². The second-order valence-corrected chi connectivity index (χ2v) is 18.2. The van der Waals surface area contributed by atoms with Crippen LogP contribution in [0.3, 0.4) is 0 Å². The lowest BCUT2D eigenvalue weighted by Crippen LogP contribution is -2.43. The fourth-order valence-electron chi connectivity index (χ4n) is 7.09. The van der Waals surface area contributed by atoms with E-state index < -0.39 is 49.4 Å². The van der Waals surface area contributed by atoms with Crippen molar-refractivity contribution in [3.05, 3.63) is 194 Å². The quantitative estimate of drug-likeness (QED) is 0.0119. The number of nitrogens with one attached hydrogen (secondary N) is 5. The van der Waals surface area contributed by atoms with Crippen molar-refractivity contribution in [3.8, 4) is 34.8 Å². The van der Waals surface area contributed by atoms with Crippen LogP contribution in [0.15, 0.2) is 166 Å². The van der Waals surface area contributed by atoms with E-state index >= 15 is 0 Å². The van der Waals surface area contributed by atoms with Gasteiger partial charge in [-0.2, -0.15) is 5.26 Å². The lowest BCUT2D eigenvalue weighted by Gasteiger charge is -2.20. The first-order chi connectivity index (χ1) is 39.0. The third kappa shape index (κ3) is 17.5. The van der Waals surface area contributed by atoms with E-state index in [0.29, 0.717) is 16.8 Å². The second kappa shape index (κ2) is 30.8. The molecular formula is C59H59N6O15P. The summed E-state index contributed by atoms with van der Waals surface area (Å²) in [6.45, 7) is 19.3. The van der Waals surface area contributed by atoms with Crippen LogP contribution in [0.1, 0.15) is 60.3 Å². The summed E-state index contributed by atoms with van der Waals surface area (Å²) in [7, 11) is -1.31. The molecule has 21 nitrogen and oxygen atoms in total. The molecule has 5 N–H and O–H groups in total. The van der Waals surface area contributed by atoms with Crippen molar-refractivity contribution in [2.75, 3.05) is 68.5 Å². The number of ether oxygens (including phenoxy) is 5. The molecule has 0 radical (unpaired) electrons. The Hall–Kier alpha value is -10.0. The second-order valence-electron chi connectivity index (χ2n) is 16.6. The molecule has 0 aromatic heterocycles. The Balaban J connectivity index is 1.21. The number of esters is 1. The van der Waals surface area contributed by atoms with Crippen molar-refractivity contribution in [1.82, 2.24) is 5.32 Å². The molecule has 0 aliphatic rings. The molecule has 0 aliphatic heterocycles. The molecule has 22 heteroatoms. The first-order valence-corrected chi connectivity index (χ1v) is 25.9. The first-order valence-electron chi connectivity index (χ1n) is 24.4. The molecule has 0 unspecified atom stereocenters. The maximum atomic E-state index is 14.0. The zero-order valence-corrected chi connectivity index (χ0v) is 45.5. The summed E-state index contributed by atoms with van der Waals surface area (Å²) in [4.78, 5) is 80.2. The number of phosphoric acid groups is 1. The molecule has 5 aromatic rings. The van der Waals surface area contributed by atoms with Gasteiger partial charge in [0.25, 0.3) is 23.6 Å². The van der Waals surface area contributed by atoms with Crippen LogP contribution in [0.4, 0.5) is 22.7 Å². The predicted molar refractivity (Wildman–Crippen MR) is 306 cm³/mol. The van der Waals surface area contributed by atoms with E-state index in [1.807, 2.05) is 6.07 Å². The Morgan fingerprint density at radius 3 is 1.59 bits per heavy atom. The van der Waals surface area contributed by atoms with Crippen LogP contribution >= 0.6 is 7.82 Å². The number of hydrogen-bond acceptors (Lipinski definition) is 16. The third-order valence-electron chi connectivity index (χ3n) is 10.9. The minimum absolute atomic E-state index is 0.00748. The number of carbonyl (C=O) groups is 6. The minimum Gasteiger partial charge on any atom is -0.491 e. The summed E-state index contributed by atoms with van der Waals surface area (Å²) in [5, 5.41) is 23.0. The highest BCUT2D eigenvalue weighted by Crippen LogP contribution is 2.49. The normalized spacial score (nSPS) is 11.2. The number of benzene rings is 5. The van der Waals surface area contributed by atoms with Gasteiger partial charge in [-0.3, -0.25) is 33.0 Å². The summed E-state index contributed by atoms with van der Waals surface area (Å²) in [6.07, 6.45) is 8.35. The highest BCUT2D eigenvalue weighted by molar-refractivity contribution is 7.48. The molecule has 0 saturated heterocycles. The Bertz CT molecular complexity index is 3260. The van der Waals surface area contributed by atoms with Crippen LogP contribution in [0.5, 0.6) is 28.7 Å². The zero-order chi connectivity index (χ0) is 58.9. The fraction of sp³-hybridized carbons (Fsp3) is 0.169. The number of phosphoric ester groups is 1. The SMILES string of the molecule is C=CCOC(=O)c1ccc(NC(=O)c2ccc(NC(=O)c3ccc(NC(=O)[C@H](CC#N)NC(=O)c4ccc(NC(=O)/C(C)=C/c5ccc(OP(=O)(OCC=C)OCC=C)cc5)cc4)cc3)c(OC)c2OCC=C)c(OC)c1OCC=C. The van der Waals surface area contributed by atoms with Gasteiger partial charge >= 0.3 is 13.8 Å². The van der Waals surface area contributed by atoms with Gasteiger partial charge in [-0.15, -0.1) is 13.2 Å². The number of methoxy groups -OCH3 is 2. The average molecular weight is 1120 g/mol. The van der Waals surface area contributed by atoms with Crippen molar-refractivity contribution in [1.29, 1.82) is 5.26 Å². The lowest BCUT2D eigenvalue weighted by molar-refractivity contribution is -0.118. The lowest BCUT2D eigenvalue weighted by atomic mass is 10.1. The van der Waals surface area contributed by atoms with E-state index in [1.165, 1.54) is 130 Å². The molecule has 1 atom stereocenters. The molecule has 5 aromatic carbocycles. The summed E-state index contributed by atoms with van der Waals surface area (Å²) in [6, 6.07) is 24.2. The molecule has 0 fully saturated rings. The molecule has 420 valence electrons. The summed E-state index contributed by atoms with van der Waals surface area (Å²) in [5.41, 5.74) is 2.10.